The number of nitrogens with one attached hydrogen (secondary N) is 1. The monoisotopic (exact) mass is 338 g/mol. The summed E-state index contributed by atoms with van der Waals surface area (Å²) >= 11 is 0. The Morgan fingerprint density at radius 1 is 1.38 bits per heavy atom. The Balaban J connectivity index is 1.78. The number of rotatable bonds is 5. The number of ketones is 1. The lowest BCUT2D eigenvalue weighted by Gasteiger charge is -2.15. The van der Waals surface area contributed by atoms with Gasteiger partial charge in [0, 0.05) is 30.2 Å². The van der Waals surface area contributed by atoms with Gasteiger partial charge in [-0.2, -0.15) is 8.78 Å². The van der Waals surface area contributed by atoms with E-state index in [1.54, 1.807) is 18.2 Å². The van der Waals surface area contributed by atoms with Crippen LogP contribution in [0.1, 0.15) is 16.8 Å². The SMILES string of the molecule is COc1ccc2[nH]cc(C(=O)C(=O)N3CC[C@@H](OC(F)F)C3)c2c1. The third-order valence-electron chi connectivity index (χ3n) is 4.06. The summed E-state index contributed by atoms with van der Waals surface area (Å²) in [5.74, 6) is -0.846. The maximum Gasteiger partial charge on any atom is 0.345 e. The number of amides is 1. The van der Waals surface area contributed by atoms with Gasteiger partial charge in [-0.15, -0.1) is 0 Å². The van der Waals surface area contributed by atoms with Crippen molar-refractivity contribution in [1.82, 2.24) is 9.88 Å². The topological polar surface area (TPSA) is 71.6 Å². The van der Waals surface area contributed by atoms with E-state index in [2.05, 4.69) is 9.72 Å². The molecule has 1 aliphatic heterocycles. The lowest BCUT2D eigenvalue weighted by atomic mass is 10.1. The maximum atomic E-state index is 12.5. The molecule has 1 N–H and O–H groups in total. The molecule has 0 spiro atoms. The third kappa shape index (κ3) is 3.09. The molecule has 3 rings (SSSR count). The fourth-order valence-corrected chi connectivity index (χ4v) is 2.84. The van der Waals surface area contributed by atoms with Gasteiger partial charge in [0.25, 0.3) is 11.7 Å². The van der Waals surface area contributed by atoms with Crippen LogP contribution in [0.25, 0.3) is 10.9 Å². The second-order valence-electron chi connectivity index (χ2n) is 5.50. The Morgan fingerprint density at radius 3 is 2.88 bits per heavy atom. The number of likely N-dealkylation sites (tertiary alicyclic amines) is 1. The predicted molar refractivity (Wildman–Crippen MR) is 81.3 cm³/mol. The van der Waals surface area contributed by atoms with E-state index in [9.17, 15) is 18.4 Å². The number of ether oxygens (including phenoxy) is 2. The van der Waals surface area contributed by atoms with Gasteiger partial charge in [-0.1, -0.05) is 0 Å². The van der Waals surface area contributed by atoms with Crippen molar-refractivity contribution in [2.75, 3.05) is 20.2 Å². The number of aromatic nitrogens is 1. The van der Waals surface area contributed by atoms with Crippen molar-refractivity contribution in [2.24, 2.45) is 0 Å². The summed E-state index contributed by atoms with van der Waals surface area (Å²) < 4.78 is 34.0. The van der Waals surface area contributed by atoms with Crippen molar-refractivity contribution in [3.05, 3.63) is 30.0 Å². The van der Waals surface area contributed by atoms with Crippen LogP contribution < -0.4 is 4.74 Å². The summed E-state index contributed by atoms with van der Waals surface area (Å²) in [5, 5.41) is 0.576. The molecule has 1 aromatic heterocycles. The Kier molecular flexibility index (Phi) is 4.48. The summed E-state index contributed by atoms with van der Waals surface area (Å²) in [6.45, 7) is -2.68. The van der Waals surface area contributed by atoms with Gasteiger partial charge in [-0.05, 0) is 24.6 Å². The van der Waals surface area contributed by atoms with Gasteiger partial charge in [-0.3, -0.25) is 9.59 Å². The van der Waals surface area contributed by atoms with E-state index >= 15 is 0 Å². The molecule has 24 heavy (non-hydrogen) atoms. The van der Waals surface area contributed by atoms with Crippen LogP contribution in [0, 0.1) is 0 Å². The number of Topliss-reactive ketones (excluding diaryl/α,β-unsaturated/α-hetero) is 1. The lowest BCUT2D eigenvalue weighted by molar-refractivity contribution is -0.159. The Bertz CT molecular complexity index is 775. The van der Waals surface area contributed by atoms with E-state index in [1.165, 1.54) is 18.2 Å². The number of hydrogen-bond donors (Lipinski definition) is 1. The molecular formula is C16H16F2N2O4. The van der Waals surface area contributed by atoms with E-state index in [0.29, 0.717) is 16.7 Å². The number of carbonyl (C=O) groups excluding carboxylic acids is 2. The summed E-state index contributed by atoms with van der Waals surface area (Å²) in [6.07, 6.45) is 1.00. The quantitative estimate of drug-likeness (QED) is 0.670. The van der Waals surface area contributed by atoms with Crippen LogP contribution in [0.3, 0.4) is 0 Å². The highest BCUT2D eigenvalue weighted by atomic mass is 19.3. The average molecular weight is 338 g/mol. The molecule has 1 atom stereocenters. The van der Waals surface area contributed by atoms with Gasteiger partial charge < -0.3 is 19.4 Å². The molecule has 0 radical (unpaired) electrons. The number of alkyl halides is 2. The molecule has 1 fully saturated rings. The van der Waals surface area contributed by atoms with Crippen molar-refractivity contribution in [3.8, 4) is 5.75 Å². The van der Waals surface area contributed by atoms with Crippen LogP contribution in [-0.4, -0.2) is 54.5 Å². The van der Waals surface area contributed by atoms with E-state index < -0.39 is 24.4 Å². The second kappa shape index (κ2) is 6.56. The molecule has 0 saturated carbocycles. The summed E-state index contributed by atoms with van der Waals surface area (Å²) in [6, 6.07) is 5.15. The minimum atomic E-state index is -2.89. The van der Waals surface area contributed by atoms with E-state index in [-0.39, 0.29) is 25.1 Å². The van der Waals surface area contributed by atoms with Crippen LogP contribution in [0.5, 0.6) is 5.75 Å². The van der Waals surface area contributed by atoms with Crippen LogP contribution in [0.2, 0.25) is 0 Å². The van der Waals surface area contributed by atoms with Crippen LogP contribution >= 0.6 is 0 Å². The molecule has 1 saturated heterocycles. The number of hydrogen-bond acceptors (Lipinski definition) is 4. The van der Waals surface area contributed by atoms with Crippen molar-refractivity contribution in [1.29, 1.82) is 0 Å². The smallest absolute Gasteiger partial charge is 0.345 e. The standard InChI is InChI=1S/C16H16F2N2O4/c1-23-9-2-3-13-11(6-9)12(7-19-13)14(21)15(22)20-5-4-10(8-20)24-16(17)18/h2-3,6-7,10,16,19H,4-5,8H2,1H3/t10-/m1/s1. The second-order valence-corrected chi connectivity index (χ2v) is 5.50. The molecule has 6 nitrogen and oxygen atoms in total. The average Bonchev–Trinajstić information content (AvgIpc) is 3.19. The van der Waals surface area contributed by atoms with Gasteiger partial charge in [0.1, 0.15) is 5.75 Å². The van der Waals surface area contributed by atoms with Gasteiger partial charge in [0.2, 0.25) is 0 Å². The number of methoxy groups -OCH3 is 1. The molecule has 0 bridgehead atoms. The molecule has 128 valence electrons. The molecule has 1 amide bonds. The largest absolute Gasteiger partial charge is 0.497 e. The first-order valence-corrected chi connectivity index (χ1v) is 7.42. The number of carbonyl (C=O) groups is 2. The number of nitrogens with zero attached hydrogens (tertiary/aromatic N) is 1. The highest BCUT2D eigenvalue weighted by Crippen LogP contribution is 2.25. The number of H-pyrrole nitrogens is 1. The summed E-state index contributed by atoms with van der Waals surface area (Å²) in [5.41, 5.74) is 0.930. The zero-order chi connectivity index (χ0) is 17.3. The minimum absolute atomic E-state index is 0.0133. The fraction of sp³-hybridized carbons (Fsp3) is 0.375. The molecule has 0 aliphatic carbocycles. The first-order valence-electron chi connectivity index (χ1n) is 7.42. The molecule has 1 aromatic carbocycles. The predicted octanol–water partition coefficient (Wildman–Crippen LogP) is 2.20. The number of aromatic amines is 1. The Hall–Kier alpha value is -2.48. The molecule has 2 aromatic rings. The maximum absolute atomic E-state index is 12.5. The van der Waals surface area contributed by atoms with Gasteiger partial charge in [0.05, 0.1) is 18.8 Å². The van der Waals surface area contributed by atoms with E-state index in [4.69, 9.17) is 4.74 Å². The molecule has 2 heterocycles. The molecular weight excluding hydrogens is 322 g/mol. The zero-order valence-electron chi connectivity index (χ0n) is 12.9. The fourth-order valence-electron chi connectivity index (χ4n) is 2.84. The van der Waals surface area contributed by atoms with Crippen LogP contribution in [-0.2, 0) is 9.53 Å². The first kappa shape index (κ1) is 16.4. The van der Waals surface area contributed by atoms with Crippen LogP contribution in [0.4, 0.5) is 8.78 Å². The van der Waals surface area contributed by atoms with E-state index in [0.717, 1.165) is 0 Å². The number of benzene rings is 1. The lowest BCUT2D eigenvalue weighted by Crippen LogP contribution is -2.35. The first-order chi connectivity index (χ1) is 11.5. The molecule has 8 heteroatoms. The Labute approximate surface area is 136 Å². The van der Waals surface area contributed by atoms with Crippen molar-refractivity contribution < 1.29 is 27.8 Å². The van der Waals surface area contributed by atoms with Crippen molar-refractivity contribution >= 4 is 22.6 Å². The van der Waals surface area contributed by atoms with Gasteiger partial charge in [0.15, 0.2) is 0 Å². The normalized spacial score (nSPS) is 17.7. The Morgan fingerprint density at radius 2 is 2.17 bits per heavy atom. The van der Waals surface area contributed by atoms with Crippen LogP contribution in [0.15, 0.2) is 24.4 Å². The number of fused-ring (bicyclic) bond motifs is 1. The molecule has 1 aliphatic rings. The third-order valence-corrected chi connectivity index (χ3v) is 4.06. The zero-order valence-corrected chi connectivity index (χ0v) is 12.9. The number of halogens is 2. The highest BCUT2D eigenvalue weighted by Gasteiger charge is 2.33. The summed E-state index contributed by atoms with van der Waals surface area (Å²) in [4.78, 5) is 29.0. The van der Waals surface area contributed by atoms with Gasteiger partial charge >= 0.3 is 6.61 Å². The summed E-state index contributed by atoms with van der Waals surface area (Å²) in [7, 11) is 1.51. The van der Waals surface area contributed by atoms with E-state index in [1.807, 2.05) is 0 Å². The highest BCUT2D eigenvalue weighted by molar-refractivity contribution is 6.44. The molecule has 0 unspecified atom stereocenters. The van der Waals surface area contributed by atoms with Crippen molar-refractivity contribution in [3.63, 3.8) is 0 Å². The van der Waals surface area contributed by atoms with Crippen molar-refractivity contribution in [2.45, 2.75) is 19.1 Å². The van der Waals surface area contributed by atoms with Gasteiger partial charge in [-0.25, -0.2) is 0 Å². The minimum Gasteiger partial charge on any atom is -0.497 e.